The number of thiocarbonyl (C=S) groups is 1. The van der Waals surface area contributed by atoms with E-state index in [0.717, 1.165) is 17.4 Å². The molecule has 1 aromatic rings. The van der Waals surface area contributed by atoms with Crippen LogP contribution in [-0.4, -0.2) is 47.2 Å². The van der Waals surface area contributed by atoms with E-state index in [1.807, 2.05) is 18.2 Å². The Morgan fingerprint density at radius 1 is 1.25 bits per heavy atom. The van der Waals surface area contributed by atoms with Gasteiger partial charge in [0, 0.05) is 12.6 Å². The van der Waals surface area contributed by atoms with Crippen molar-refractivity contribution >= 4 is 57.3 Å². The molecule has 3 rings (SSSR count). The Morgan fingerprint density at radius 3 is 2.58 bits per heavy atom. The number of hydrogen-bond donors (Lipinski definition) is 0. The number of hydrogen-bond acceptors (Lipinski definition) is 6. The quantitative estimate of drug-likeness (QED) is 0.454. The zero-order valence-corrected chi connectivity index (χ0v) is 14.9. The van der Waals surface area contributed by atoms with Crippen molar-refractivity contribution in [2.45, 2.75) is 13.0 Å². The first-order valence-electron chi connectivity index (χ1n) is 7.13. The van der Waals surface area contributed by atoms with Gasteiger partial charge in [-0.15, -0.1) is 0 Å². The van der Waals surface area contributed by atoms with Crippen LogP contribution in [0.25, 0.3) is 5.57 Å². The maximum absolute atomic E-state index is 12.8. The summed E-state index contributed by atoms with van der Waals surface area (Å²) < 4.78 is 4.92. The molecule has 0 N–H and O–H groups in total. The molecule has 2 amide bonds. The third-order valence-corrected chi connectivity index (χ3v) is 5.41. The third-order valence-electron chi connectivity index (χ3n) is 4.01. The lowest BCUT2D eigenvalue weighted by Gasteiger charge is -2.20. The van der Waals surface area contributed by atoms with Crippen LogP contribution in [0, 0.1) is 0 Å². The van der Waals surface area contributed by atoms with Crippen LogP contribution in [0.5, 0.6) is 0 Å². The van der Waals surface area contributed by atoms with Crippen LogP contribution in [0.2, 0.25) is 0 Å². The van der Waals surface area contributed by atoms with E-state index in [-0.39, 0.29) is 15.1 Å². The van der Waals surface area contributed by atoms with Crippen molar-refractivity contribution < 1.29 is 19.1 Å². The molecule has 0 aliphatic carbocycles. The van der Waals surface area contributed by atoms with Crippen molar-refractivity contribution in [2.75, 3.05) is 19.1 Å². The predicted octanol–water partition coefficient (Wildman–Crippen LogP) is 1.80. The normalized spacial score (nSPS) is 21.4. The number of rotatable bonds is 2. The van der Waals surface area contributed by atoms with Crippen molar-refractivity contribution in [1.29, 1.82) is 0 Å². The van der Waals surface area contributed by atoms with E-state index in [4.69, 9.17) is 12.2 Å². The lowest BCUT2D eigenvalue weighted by Crippen LogP contribution is -2.42. The molecule has 0 radical (unpaired) electrons. The summed E-state index contributed by atoms with van der Waals surface area (Å²) in [4.78, 5) is 40.1. The Labute approximate surface area is 148 Å². The second-order valence-electron chi connectivity index (χ2n) is 5.33. The van der Waals surface area contributed by atoms with Gasteiger partial charge in [-0.1, -0.05) is 42.2 Å². The molecule has 1 aromatic carbocycles. The van der Waals surface area contributed by atoms with E-state index in [1.54, 1.807) is 20.0 Å². The number of carbonyl (C=O) groups excluding carboxylic acids is 3. The molecule has 0 aromatic heterocycles. The molecular weight excluding hydrogens is 348 g/mol. The fourth-order valence-corrected chi connectivity index (χ4v) is 4.22. The molecule has 6 nitrogen and oxygen atoms in total. The summed E-state index contributed by atoms with van der Waals surface area (Å²) in [7, 11) is 2.91. The summed E-state index contributed by atoms with van der Waals surface area (Å²) in [5.74, 6) is -1.27. The fraction of sp³-hybridized carbons (Fsp3) is 0.250. The Bertz CT molecular complexity index is 818. The second kappa shape index (κ2) is 6.03. The molecule has 1 atom stereocenters. The topological polar surface area (TPSA) is 66.9 Å². The van der Waals surface area contributed by atoms with Gasteiger partial charge in [0.2, 0.25) is 0 Å². The number of likely N-dealkylation sites (N-methyl/N-ethyl adjacent to an activating group) is 1. The van der Waals surface area contributed by atoms with E-state index in [1.165, 1.54) is 16.9 Å². The van der Waals surface area contributed by atoms with Gasteiger partial charge in [-0.3, -0.25) is 14.5 Å². The van der Waals surface area contributed by atoms with Crippen molar-refractivity contribution in [2.24, 2.45) is 0 Å². The number of benzene rings is 1. The lowest BCUT2D eigenvalue weighted by atomic mass is 10.1. The lowest BCUT2D eigenvalue weighted by molar-refractivity contribution is -0.147. The van der Waals surface area contributed by atoms with Gasteiger partial charge < -0.3 is 9.64 Å². The summed E-state index contributed by atoms with van der Waals surface area (Å²) >= 11 is 6.28. The van der Waals surface area contributed by atoms with Crippen LogP contribution in [-0.2, 0) is 19.1 Å². The number of thioether (sulfide) groups is 1. The molecule has 1 unspecified atom stereocenters. The number of fused-ring (bicyclic) bond motifs is 1. The third kappa shape index (κ3) is 2.33. The molecule has 1 saturated heterocycles. The highest BCUT2D eigenvalue weighted by Crippen LogP contribution is 2.44. The first-order valence-corrected chi connectivity index (χ1v) is 8.36. The van der Waals surface area contributed by atoms with Gasteiger partial charge in [-0.25, -0.2) is 4.79 Å². The minimum Gasteiger partial charge on any atom is -0.467 e. The number of esters is 1. The Balaban J connectivity index is 2.09. The Kier molecular flexibility index (Phi) is 4.18. The standard InChI is InChI=1S/C16H14N2O4S2/c1-8(15(21)22-3)18-14(20)12(24-16(18)23)11-9-6-4-5-7-10(9)17(2)13(11)19/h4-8H,1-3H3/b12-11-. The zero-order chi connectivity index (χ0) is 17.6. The largest absolute Gasteiger partial charge is 0.467 e. The summed E-state index contributed by atoms with van der Waals surface area (Å²) in [5, 5.41) is 0. The average molecular weight is 362 g/mol. The number of methoxy groups -OCH3 is 1. The first-order chi connectivity index (χ1) is 11.4. The molecule has 124 valence electrons. The van der Waals surface area contributed by atoms with Crippen LogP contribution in [0.4, 0.5) is 5.69 Å². The monoisotopic (exact) mass is 362 g/mol. The number of nitrogens with zero attached hydrogens (tertiary/aromatic N) is 2. The highest BCUT2D eigenvalue weighted by Gasteiger charge is 2.44. The molecule has 0 bridgehead atoms. The Morgan fingerprint density at radius 2 is 1.92 bits per heavy atom. The molecule has 0 spiro atoms. The van der Waals surface area contributed by atoms with Crippen molar-refractivity contribution in [1.82, 2.24) is 4.90 Å². The molecular formula is C16H14N2O4S2. The number of ether oxygens (including phenoxy) is 1. The van der Waals surface area contributed by atoms with Crippen molar-refractivity contribution in [3.63, 3.8) is 0 Å². The van der Waals surface area contributed by atoms with Crippen LogP contribution in [0.3, 0.4) is 0 Å². The highest BCUT2D eigenvalue weighted by atomic mass is 32.2. The molecule has 24 heavy (non-hydrogen) atoms. The molecule has 0 saturated carbocycles. The van der Waals surface area contributed by atoms with Crippen molar-refractivity contribution in [3.8, 4) is 0 Å². The van der Waals surface area contributed by atoms with E-state index in [9.17, 15) is 14.4 Å². The van der Waals surface area contributed by atoms with Gasteiger partial charge in [0.25, 0.3) is 11.8 Å². The Hall–Kier alpha value is -2.19. The van der Waals surface area contributed by atoms with Gasteiger partial charge in [0.05, 0.1) is 23.3 Å². The summed E-state index contributed by atoms with van der Waals surface area (Å²) in [6.07, 6.45) is 0. The highest BCUT2D eigenvalue weighted by molar-refractivity contribution is 8.26. The summed E-state index contributed by atoms with van der Waals surface area (Å²) in [5.41, 5.74) is 1.75. The van der Waals surface area contributed by atoms with E-state index in [2.05, 4.69) is 4.74 Å². The number of anilines is 1. The van der Waals surface area contributed by atoms with E-state index >= 15 is 0 Å². The maximum atomic E-state index is 12.8. The van der Waals surface area contributed by atoms with Gasteiger partial charge in [-0.2, -0.15) is 0 Å². The molecule has 2 aliphatic rings. The minimum absolute atomic E-state index is 0.236. The second-order valence-corrected chi connectivity index (χ2v) is 6.97. The van der Waals surface area contributed by atoms with Crippen LogP contribution >= 0.6 is 24.0 Å². The number of amides is 2. The van der Waals surface area contributed by atoms with Crippen LogP contribution < -0.4 is 4.90 Å². The van der Waals surface area contributed by atoms with E-state index in [0.29, 0.717) is 11.1 Å². The fourth-order valence-electron chi connectivity index (χ4n) is 2.73. The number of para-hydroxylation sites is 1. The molecule has 8 heteroatoms. The smallest absolute Gasteiger partial charge is 0.328 e. The van der Waals surface area contributed by atoms with E-state index < -0.39 is 17.9 Å². The van der Waals surface area contributed by atoms with Gasteiger partial charge >= 0.3 is 5.97 Å². The number of carbonyl (C=O) groups is 3. The molecule has 2 heterocycles. The SMILES string of the molecule is COC(=O)C(C)N1C(=O)/C(=C2/C(=O)N(C)c3ccccc32)SC1=S. The minimum atomic E-state index is -0.843. The van der Waals surface area contributed by atoms with Crippen LogP contribution in [0.15, 0.2) is 29.2 Å². The summed E-state index contributed by atoms with van der Waals surface area (Å²) in [6.45, 7) is 1.54. The average Bonchev–Trinajstić information content (AvgIpc) is 3.00. The maximum Gasteiger partial charge on any atom is 0.328 e. The predicted molar refractivity (Wildman–Crippen MR) is 95.3 cm³/mol. The van der Waals surface area contributed by atoms with Gasteiger partial charge in [0.15, 0.2) is 0 Å². The van der Waals surface area contributed by atoms with Gasteiger partial charge in [-0.05, 0) is 13.0 Å². The molecule has 2 aliphatic heterocycles. The zero-order valence-electron chi connectivity index (χ0n) is 13.2. The molecule has 1 fully saturated rings. The van der Waals surface area contributed by atoms with Crippen molar-refractivity contribution in [3.05, 3.63) is 34.7 Å². The van der Waals surface area contributed by atoms with Crippen LogP contribution in [0.1, 0.15) is 12.5 Å². The first kappa shape index (κ1) is 16.7. The summed E-state index contributed by atoms with van der Waals surface area (Å²) in [6, 6.07) is 6.41. The van der Waals surface area contributed by atoms with Gasteiger partial charge in [0.1, 0.15) is 10.4 Å².